The lowest BCUT2D eigenvalue weighted by atomic mass is 10.3. The number of allylic oxidation sites excluding steroid dienone is 2. The summed E-state index contributed by atoms with van der Waals surface area (Å²) in [6, 6.07) is 0. The fourth-order valence-corrected chi connectivity index (χ4v) is 0.901. The van der Waals surface area contributed by atoms with Gasteiger partial charge in [0.25, 0.3) is 0 Å². The predicted octanol–water partition coefficient (Wildman–Crippen LogP) is 2.52. The molecule has 0 aromatic rings. The van der Waals surface area contributed by atoms with Crippen molar-refractivity contribution < 1.29 is 9.47 Å². The Morgan fingerprint density at radius 1 is 1.21 bits per heavy atom. The van der Waals surface area contributed by atoms with Crippen LogP contribution < -0.4 is 0 Å². The minimum absolute atomic E-state index is 0.146. The molecule has 2 heteroatoms. The molecule has 0 aliphatic rings. The summed E-state index contributed by atoms with van der Waals surface area (Å²) in [5.74, 6) is 5.55. The molecule has 0 heterocycles. The van der Waals surface area contributed by atoms with Gasteiger partial charge < -0.3 is 9.47 Å². The molecular formula is C12H18O2. The molecular weight excluding hydrogens is 176 g/mol. The second-order valence-electron chi connectivity index (χ2n) is 2.47. The summed E-state index contributed by atoms with van der Waals surface area (Å²) in [5, 5.41) is 0. The zero-order valence-corrected chi connectivity index (χ0v) is 8.95. The van der Waals surface area contributed by atoms with Gasteiger partial charge in [-0.2, -0.15) is 0 Å². The van der Waals surface area contributed by atoms with Crippen LogP contribution in [0, 0.1) is 11.8 Å². The largest absolute Gasteiger partial charge is 0.353 e. The van der Waals surface area contributed by atoms with Gasteiger partial charge in [-0.3, -0.25) is 0 Å². The monoisotopic (exact) mass is 194 g/mol. The molecule has 0 atom stereocenters. The average molecular weight is 194 g/mol. The van der Waals surface area contributed by atoms with Crippen molar-refractivity contribution in [3.05, 3.63) is 24.8 Å². The van der Waals surface area contributed by atoms with Gasteiger partial charge >= 0.3 is 0 Å². The van der Waals surface area contributed by atoms with E-state index in [4.69, 9.17) is 9.47 Å². The summed E-state index contributed by atoms with van der Waals surface area (Å²) in [6.45, 7) is 8.73. The van der Waals surface area contributed by atoms with Crippen LogP contribution in [0.25, 0.3) is 0 Å². The van der Waals surface area contributed by atoms with E-state index in [9.17, 15) is 0 Å². The maximum atomic E-state index is 5.35. The molecule has 0 unspecified atom stereocenters. The van der Waals surface area contributed by atoms with Crippen molar-refractivity contribution in [2.24, 2.45) is 0 Å². The highest BCUT2D eigenvalue weighted by molar-refractivity contribution is 5.21. The maximum Gasteiger partial charge on any atom is 0.160 e. The first-order chi connectivity index (χ1) is 6.85. The van der Waals surface area contributed by atoms with Crippen LogP contribution >= 0.6 is 0 Å². The molecule has 0 aromatic carbocycles. The maximum absolute atomic E-state index is 5.35. The van der Waals surface area contributed by atoms with E-state index in [0.717, 1.165) is 6.42 Å². The van der Waals surface area contributed by atoms with Gasteiger partial charge in [-0.15, -0.1) is 0 Å². The quantitative estimate of drug-likeness (QED) is 0.478. The molecule has 0 spiro atoms. The highest BCUT2D eigenvalue weighted by atomic mass is 16.7. The van der Waals surface area contributed by atoms with Crippen molar-refractivity contribution in [2.75, 3.05) is 13.2 Å². The second kappa shape index (κ2) is 10.0. The highest BCUT2D eigenvalue weighted by Gasteiger charge is 2.03. The number of hydrogen-bond donors (Lipinski definition) is 0. The van der Waals surface area contributed by atoms with Gasteiger partial charge in [0.05, 0.1) is 0 Å². The molecule has 0 aliphatic carbocycles. The number of hydrogen-bond acceptors (Lipinski definition) is 2. The van der Waals surface area contributed by atoms with Crippen molar-refractivity contribution in [2.45, 2.75) is 26.6 Å². The summed E-state index contributed by atoms with van der Waals surface area (Å²) in [7, 11) is 0. The van der Waals surface area contributed by atoms with Crippen LogP contribution in [-0.2, 0) is 9.47 Å². The van der Waals surface area contributed by atoms with Gasteiger partial charge in [0.2, 0.25) is 0 Å². The summed E-state index contributed by atoms with van der Waals surface area (Å²) in [6.07, 6.45) is 5.87. The molecule has 0 amide bonds. The van der Waals surface area contributed by atoms with Crippen LogP contribution in [0.1, 0.15) is 20.3 Å². The summed E-state index contributed by atoms with van der Waals surface area (Å²) < 4.78 is 10.7. The molecule has 0 fully saturated rings. The standard InChI is InChI=1S/C12H18O2/c1-4-7-8-9-10-11-12(13-5-2)14-6-3/h4,9-10,12H,1,5-6,11H2,2-3H3/b10-9+. The van der Waals surface area contributed by atoms with Crippen LogP contribution in [-0.4, -0.2) is 19.5 Å². The number of ether oxygens (including phenoxy) is 2. The Morgan fingerprint density at radius 2 is 1.86 bits per heavy atom. The Kier molecular flexibility index (Phi) is 9.30. The van der Waals surface area contributed by atoms with Gasteiger partial charge in [-0.25, -0.2) is 0 Å². The van der Waals surface area contributed by atoms with E-state index in [2.05, 4.69) is 18.4 Å². The Balaban J connectivity index is 3.79. The average Bonchev–Trinajstić information content (AvgIpc) is 2.18. The van der Waals surface area contributed by atoms with E-state index in [-0.39, 0.29) is 6.29 Å². The molecule has 14 heavy (non-hydrogen) atoms. The first kappa shape index (κ1) is 13.0. The zero-order valence-electron chi connectivity index (χ0n) is 8.95. The SMILES string of the molecule is C=CC#C/C=C/CC(OCC)OCC. The fraction of sp³-hybridized carbons (Fsp3) is 0.500. The molecule has 0 saturated carbocycles. The fourth-order valence-electron chi connectivity index (χ4n) is 0.901. The molecule has 0 radical (unpaired) electrons. The van der Waals surface area contributed by atoms with Crippen LogP contribution in [0.5, 0.6) is 0 Å². The van der Waals surface area contributed by atoms with Crippen molar-refractivity contribution in [3.8, 4) is 11.8 Å². The third-order valence-corrected chi connectivity index (χ3v) is 1.42. The molecule has 2 nitrogen and oxygen atoms in total. The summed E-state index contributed by atoms with van der Waals surface area (Å²) in [5.41, 5.74) is 0. The van der Waals surface area contributed by atoms with E-state index in [0.29, 0.717) is 13.2 Å². The smallest absolute Gasteiger partial charge is 0.160 e. The Labute approximate surface area is 86.6 Å². The summed E-state index contributed by atoms with van der Waals surface area (Å²) >= 11 is 0. The Morgan fingerprint density at radius 3 is 2.36 bits per heavy atom. The van der Waals surface area contributed by atoms with E-state index in [1.807, 2.05) is 19.9 Å². The normalized spacial score (nSPS) is 10.2. The van der Waals surface area contributed by atoms with Gasteiger partial charge in [-0.1, -0.05) is 24.5 Å². The van der Waals surface area contributed by atoms with Crippen molar-refractivity contribution in [1.82, 2.24) is 0 Å². The zero-order chi connectivity index (χ0) is 10.6. The summed E-state index contributed by atoms with van der Waals surface area (Å²) in [4.78, 5) is 0. The minimum atomic E-state index is -0.146. The Bertz CT molecular complexity index is 214. The minimum Gasteiger partial charge on any atom is -0.353 e. The number of rotatable bonds is 6. The van der Waals surface area contributed by atoms with Crippen molar-refractivity contribution in [3.63, 3.8) is 0 Å². The van der Waals surface area contributed by atoms with E-state index < -0.39 is 0 Å². The molecule has 0 saturated heterocycles. The van der Waals surface area contributed by atoms with Gasteiger partial charge in [0, 0.05) is 19.6 Å². The molecule has 0 bridgehead atoms. The first-order valence-electron chi connectivity index (χ1n) is 4.85. The van der Waals surface area contributed by atoms with Crippen LogP contribution in [0.4, 0.5) is 0 Å². The van der Waals surface area contributed by atoms with Crippen LogP contribution in [0.3, 0.4) is 0 Å². The third kappa shape index (κ3) is 7.60. The molecule has 78 valence electrons. The highest BCUT2D eigenvalue weighted by Crippen LogP contribution is 2.01. The van der Waals surface area contributed by atoms with Gasteiger partial charge in [0.15, 0.2) is 6.29 Å². The van der Waals surface area contributed by atoms with E-state index >= 15 is 0 Å². The molecule has 0 aliphatic heterocycles. The van der Waals surface area contributed by atoms with E-state index in [1.165, 1.54) is 0 Å². The van der Waals surface area contributed by atoms with Crippen LogP contribution in [0.15, 0.2) is 24.8 Å². The molecule has 0 aromatic heterocycles. The Hall–Kier alpha value is -1.04. The van der Waals surface area contributed by atoms with Crippen molar-refractivity contribution >= 4 is 0 Å². The lowest BCUT2D eigenvalue weighted by Crippen LogP contribution is -2.16. The van der Waals surface area contributed by atoms with Crippen molar-refractivity contribution in [1.29, 1.82) is 0 Å². The van der Waals surface area contributed by atoms with Crippen LogP contribution in [0.2, 0.25) is 0 Å². The predicted molar refractivity (Wildman–Crippen MR) is 58.8 cm³/mol. The molecule has 0 rings (SSSR count). The van der Waals surface area contributed by atoms with Gasteiger partial charge in [0.1, 0.15) is 0 Å². The lowest BCUT2D eigenvalue weighted by molar-refractivity contribution is -0.133. The topological polar surface area (TPSA) is 18.5 Å². The van der Waals surface area contributed by atoms with E-state index in [1.54, 1.807) is 12.2 Å². The lowest BCUT2D eigenvalue weighted by Gasteiger charge is -2.14. The van der Waals surface area contributed by atoms with Gasteiger partial charge in [-0.05, 0) is 26.0 Å². The molecule has 0 N–H and O–H groups in total. The first-order valence-corrected chi connectivity index (χ1v) is 4.85. The second-order valence-corrected chi connectivity index (χ2v) is 2.47. The third-order valence-electron chi connectivity index (χ3n) is 1.42.